The van der Waals surface area contributed by atoms with E-state index < -0.39 is 21.2 Å². The van der Waals surface area contributed by atoms with Gasteiger partial charge in [0.25, 0.3) is 0 Å². The normalized spacial score (nSPS) is 25.1. The molecule has 1 fully saturated rings. The molecule has 1 aliphatic heterocycles. The average molecular weight is 281 g/mol. The van der Waals surface area contributed by atoms with Crippen molar-refractivity contribution in [2.45, 2.75) is 18.3 Å². The summed E-state index contributed by atoms with van der Waals surface area (Å²) in [4.78, 5) is 20.6. The van der Waals surface area contributed by atoms with Gasteiger partial charge in [0.15, 0.2) is 0 Å². The highest BCUT2D eigenvalue weighted by Crippen LogP contribution is 2.49. The summed E-state index contributed by atoms with van der Waals surface area (Å²) in [5.41, 5.74) is 1.03. The van der Waals surface area contributed by atoms with E-state index in [1.54, 1.807) is 0 Å². The smallest absolute Gasteiger partial charge is 0.286 e. The van der Waals surface area contributed by atoms with Gasteiger partial charge in [-0.1, -0.05) is 9.39 Å². The number of rotatable bonds is 2. The first-order valence-electron chi connectivity index (χ1n) is 5.93. The molecular weight excluding hydrogens is 269 g/mol. The fraction of sp³-hybridized carbons (Fsp3) is 0.455. The Hall–Kier alpha value is -1.59. The Balaban J connectivity index is 2.17. The molecule has 3 rings (SSSR count). The van der Waals surface area contributed by atoms with Crippen LogP contribution in [0.1, 0.15) is 29.4 Å². The third-order valence-corrected chi connectivity index (χ3v) is 4.35. The molecule has 1 aliphatic carbocycles. The fourth-order valence-electron chi connectivity index (χ4n) is 3.19. The number of piperidine rings is 1. The molecule has 3 unspecified atom stereocenters. The number of hydrogen-bond donors (Lipinski definition) is 0. The van der Waals surface area contributed by atoms with Crippen LogP contribution in [0.4, 0.5) is 11.4 Å². The second kappa shape index (κ2) is 4.21. The summed E-state index contributed by atoms with van der Waals surface area (Å²) < 4.78 is 2.09. The van der Waals surface area contributed by atoms with Crippen molar-refractivity contribution in [2.24, 2.45) is 0 Å². The molecule has 2 aliphatic rings. The number of nitrogens with zero attached hydrogens (tertiary/aromatic N) is 3. The molecule has 0 amide bonds. The number of benzene rings is 1. The molecule has 0 aromatic heterocycles. The van der Waals surface area contributed by atoms with E-state index in [4.69, 9.17) is 0 Å². The highest BCUT2D eigenvalue weighted by Gasteiger charge is 2.40. The summed E-state index contributed by atoms with van der Waals surface area (Å²) in [6, 6.07) is 2.81. The summed E-state index contributed by atoms with van der Waals surface area (Å²) >= 11 is 0. The highest BCUT2D eigenvalue weighted by molar-refractivity contribution is 7.13. The van der Waals surface area contributed by atoms with Gasteiger partial charge in [-0.15, -0.1) is 0 Å². The van der Waals surface area contributed by atoms with E-state index in [0.29, 0.717) is 0 Å². The van der Waals surface area contributed by atoms with E-state index in [-0.39, 0.29) is 11.8 Å². The maximum absolute atomic E-state index is 11.0. The predicted octanol–water partition coefficient (Wildman–Crippen LogP) is 2.18. The first-order chi connectivity index (χ1) is 8.97. The van der Waals surface area contributed by atoms with Gasteiger partial charge < -0.3 is 0 Å². The van der Waals surface area contributed by atoms with Gasteiger partial charge in [-0.3, -0.25) is 24.9 Å². The van der Waals surface area contributed by atoms with Crippen molar-refractivity contribution < 1.29 is 9.85 Å². The van der Waals surface area contributed by atoms with Gasteiger partial charge in [-0.25, -0.2) is 0 Å². The quantitative estimate of drug-likeness (QED) is 0.471. The van der Waals surface area contributed by atoms with Gasteiger partial charge >= 0.3 is 11.4 Å². The number of nitro groups is 2. The molecule has 1 aromatic rings. The van der Waals surface area contributed by atoms with Crippen LogP contribution >= 0.6 is 9.39 Å². The van der Waals surface area contributed by atoms with Crippen LogP contribution in [-0.4, -0.2) is 27.6 Å². The summed E-state index contributed by atoms with van der Waals surface area (Å²) in [5, 5.41) is 21.9. The van der Waals surface area contributed by atoms with E-state index in [1.165, 1.54) is 12.1 Å². The molecule has 0 N–H and O–H groups in total. The van der Waals surface area contributed by atoms with E-state index in [2.05, 4.69) is 14.1 Å². The lowest BCUT2D eigenvalue weighted by Crippen LogP contribution is -2.26. The lowest BCUT2D eigenvalue weighted by molar-refractivity contribution is -0.422. The van der Waals surface area contributed by atoms with Gasteiger partial charge in [0.2, 0.25) is 0 Å². The standard InChI is InChI=1S/C11H12N3O4P/c15-13(16)10-2-8-6-1-7(5-12(19)4-6)9(8)3-11(10)14(17)18/h2-3,6-7H,1,4-5,19H2. The fourth-order valence-corrected chi connectivity index (χ4v) is 3.70. The van der Waals surface area contributed by atoms with Crippen LogP contribution in [-0.2, 0) is 0 Å². The third kappa shape index (κ3) is 1.89. The van der Waals surface area contributed by atoms with Gasteiger partial charge in [-0.05, 0) is 29.4 Å². The molecule has 19 heavy (non-hydrogen) atoms. The Kier molecular flexibility index (Phi) is 2.76. The second-order valence-electron chi connectivity index (χ2n) is 5.07. The molecule has 1 aromatic carbocycles. The van der Waals surface area contributed by atoms with Crippen molar-refractivity contribution in [3.8, 4) is 0 Å². The van der Waals surface area contributed by atoms with Gasteiger partial charge in [0, 0.05) is 25.2 Å². The molecule has 1 heterocycles. The molecule has 8 heteroatoms. The summed E-state index contributed by atoms with van der Waals surface area (Å²) in [6.45, 7) is 1.65. The SMILES string of the molecule is O=[N+]([O-])c1cc2c(cc1[N+](=O)[O-])C1CC2CN(P)C1. The molecule has 0 saturated carbocycles. The van der Waals surface area contributed by atoms with Gasteiger partial charge in [0.05, 0.1) is 9.85 Å². The van der Waals surface area contributed by atoms with E-state index in [0.717, 1.165) is 30.6 Å². The zero-order valence-corrected chi connectivity index (χ0v) is 11.1. The van der Waals surface area contributed by atoms with Crippen molar-refractivity contribution >= 4 is 20.8 Å². The van der Waals surface area contributed by atoms with Crippen LogP contribution in [0.3, 0.4) is 0 Å². The molecular formula is C11H12N3O4P. The first-order valence-corrected chi connectivity index (χ1v) is 6.45. The minimum absolute atomic E-state index is 0.241. The molecule has 1 saturated heterocycles. The predicted molar refractivity (Wildman–Crippen MR) is 71.1 cm³/mol. The number of nitro benzene ring substituents is 2. The molecule has 0 radical (unpaired) electrons. The van der Waals surface area contributed by atoms with Gasteiger partial charge in [0.1, 0.15) is 0 Å². The van der Waals surface area contributed by atoms with E-state index >= 15 is 0 Å². The van der Waals surface area contributed by atoms with E-state index in [9.17, 15) is 20.2 Å². The third-order valence-electron chi connectivity index (χ3n) is 3.93. The minimum atomic E-state index is -0.668. The monoisotopic (exact) mass is 281 g/mol. The summed E-state index contributed by atoms with van der Waals surface area (Å²) in [6.07, 6.45) is 0.929. The minimum Gasteiger partial charge on any atom is -0.286 e. The van der Waals surface area contributed by atoms with Crippen LogP contribution < -0.4 is 0 Å². The Morgan fingerprint density at radius 3 is 1.84 bits per heavy atom. The summed E-state index contributed by atoms with van der Waals surface area (Å²) in [7, 11) is 2.64. The van der Waals surface area contributed by atoms with Crippen LogP contribution in [0.2, 0.25) is 0 Å². The van der Waals surface area contributed by atoms with Crippen molar-refractivity contribution in [3.63, 3.8) is 0 Å². The largest absolute Gasteiger partial charge is 0.346 e. The molecule has 3 atom stereocenters. The Bertz CT molecular complexity index is 543. The lowest BCUT2D eigenvalue weighted by Gasteiger charge is -2.28. The van der Waals surface area contributed by atoms with Crippen molar-refractivity contribution in [1.29, 1.82) is 0 Å². The maximum Gasteiger partial charge on any atom is 0.346 e. The van der Waals surface area contributed by atoms with E-state index in [1.807, 2.05) is 0 Å². The Labute approximate surface area is 111 Å². The van der Waals surface area contributed by atoms with Crippen LogP contribution in [0.5, 0.6) is 0 Å². The van der Waals surface area contributed by atoms with Crippen LogP contribution in [0.25, 0.3) is 0 Å². The highest BCUT2D eigenvalue weighted by atomic mass is 31.0. The lowest BCUT2D eigenvalue weighted by atomic mass is 9.98. The topological polar surface area (TPSA) is 89.5 Å². The molecule has 100 valence electrons. The Morgan fingerprint density at radius 2 is 1.47 bits per heavy atom. The Morgan fingerprint density at radius 1 is 1.05 bits per heavy atom. The van der Waals surface area contributed by atoms with Crippen molar-refractivity contribution in [3.05, 3.63) is 43.5 Å². The zero-order valence-electron chi connectivity index (χ0n) is 9.98. The van der Waals surface area contributed by atoms with Crippen molar-refractivity contribution in [1.82, 2.24) is 4.67 Å². The summed E-state index contributed by atoms with van der Waals surface area (Å²) in [5.74, 6) is 0.483. The zero-order chi connectivity index (χ0) is 13.7. The van der Waals surface area contributed by atoms with Crippen LogP contribution in [0, 0.1) is 20.2 Å². The maximum atomic E-state index is 11.0. The van der Waals surface area contributed by atoms with Crippen molar-refractivity contribution in [2.75, 3.05) is 13.1 Å². The molecule has 0 spiro atoms. The second-order valence-corrected chi connectivity index (χ2v) is 5.80. The molecule has 2 bridgehead atoms. The average Bonchev–Trinajstić information content (AvgIpc) is 2.59. The number of fused-ring (bicyclic) bond motifs is 5. The first kappa shape index (κ1) is 12.4. The number of hydrogen-bond acceptors (Lipinski definition) is 5. The van der Waals surface area contributed by atoms with Crippen LogP contribution in [0.15, 0.2) is 12.1 Å². The van der Waals surface area contributed by atoms with Gasteiger partial charge in [-0.2, -0.15) is 0 Å². The molecule has 7 nitrogen and oxygen atoms in total.